The summed E-state index contributed by atoms with van der Waals surface area (Å²) in [4.78, 5) is 25.8. The average molecular weight is 504 g/mol. The van der Waals surface area contributed by atoms with Gasteiger partial charge in [-0.15, -0.1) is 11.3 Å². The van der Waals surface area contributed by atoms with E-state index in [1.807, 2.05) is 12.1 Å². The third-order valence-corrected chi connectivity index (χ3v) is 7.41. The van der Waals surface area contributed by atoms with Gasteiger partial charge >= 0.3 is 12.1 Å². The molecule has 0 atom stereocenters. The number of pyridine rings is 1. The second-order valence-corrected chi connectivity index (χ2v) is 9.92. The van der Waals surface area contributed by atoms with Gasteiger partial charge in [0.15, 0.2) is 5.13 Å². The SMILES string of the molecule is CN1CCN(c2ccc(-c3nc(Nc4ncc(C(F)(F)F)cc4C(=O)O)sc3C3CC3)cc2)CC1. The predicted molar refractivity (Wildman–Crippen MR) is 129 cm³/mol. The molecule has 2 fully saturated rings. The Morgan fingerprint density at radius 3 is 2.43 bits per heavy atom. The Bertz CT molecular complexity index is 1230. The summed E-state index contributed by atoms with van der Waals surface area (Å²) >= 11 is 1.39. The van der Waals surface area contributed by atoms with Crippen LogP contribution in [0.5, 0.6) is 0 Å². The molecule has 3 heterocycles. The standard InChI is InChI=1S/C24H24F3N5O2S/c1-31-8-10-32(11-9-31)17-6-4-14(5-7-17)19-20(15-2-3-15)35-23(29-19)30-21-18(22(33)34)12-16(13-28-21)24(25,26)27/h4-7,12-13,15H,2-3,8-11H2,1H3,(H,33,34)(H,28,29,30). The van der Waals surface area contributed by atoms with E-state index in [4.69, 9.17) is 4.98 Å². The minimum atomic E-state index is -4.68. The maximum absolute atomic E-state index is 13.0. The summed E-state index contributed by atoms with van der Waals surface area (Å²) in [5, 5.41) is 12.7. The highest BCUT2D eigenvalue weighted by Crippen LogP contribution is 2.48. The van der Waals surface area contributed by atoms with Crippen LogP contribution in [0.3, 0.4) is 0 Å². The lowest BCUT2D eigenvalue weighted by Crippen LogP contribution is -2.44. The summed E-state index contributed by atoms with van der Waals surface area (Å²) < 4.78 is 39.1. The summed E-state index contributed by atoms with van der Waals surface area (Å²) in [5.74, 6) is -1.28. The first-order valence-electron chi connectivity index (χ1n) is 11.3. The molecule has 0 radical (unpaired) electrons. The number of rotatable bonds is 6. The number of thiazole rings is 1. The number of piperazine rings is 1. The molecule has 2 aliphatic rings. The highest BCUT2D eigenvalue weighted by atomic mass is 32.1. The first-order chi connectivity index (χ1) is 16.7. The van der Waals surface area contributed by atoms with Gasteiger partial charge in [0, 0.05) is 48.5 Å². The van der Waals surface area contributed by atoms with Crippen LogP contribution in [0.2, 0.25) is 0 Å². The van der Waals surface area contributed by atoms with Crippen molar-refractivity contribution >= 4 is 33.9 Å². The number of carboxylic acids is 1. The molecule has 35 heavy (non-hydrogen) atoms. The third-order valence-electron chi connectivity index (χ3n) is 6.28. The molecule has 0 amide bonds. The zero-order chi connectivity index (χ0) is 24.7. The van der Waals surface area contributed by atoms with Gasteiger partial charge in [0.1, 0.15) is 11.4 Å². The Labute approximate surface area is 204 Å². The van der Waals surface area contributed by atoms with Gasteiger partial charge in [0.2, 0.25) is 0 Å². The van der Waals surface area contributed by atoms with E-state index in [2.05, 4.69) is 39.3 Å². The number of aromatic nitrogens is 2. The number of nitrogens with one attached hydrogen (secondary N) is 1. The summed E-state index contributed by atoms with van der Waals surface area (Å²) in [5.41, 5.74) is 1.26. The van der Waals surface area contributed by atoms with E-state index in [-0.39, 0.29) is 5.82 Å². The van der Waals surface area contributed by atoms with E-state index in [1.165, 1.54) is 11.3 Å². The normalized spacial score (nSPS) is 17.0. The topological polar surface area (TPSA) is 81.6 Å². The van der Waals surface area contributed by atoms with Crippen molar-refractivity contribution in [3.8, 4) is 11.3 Å². The number of carbonyl (C=O) groups is 1. The van der Waals surface area contributed by atoms with Crippen LogP contribution in [0.1, 0.15) is 39.6 Å². The zero-order valence-electron chi connectivity index (χ0n) is 19.0. The molecule has 1 saturated carbocycles. The molecule has 2 N–H and O–H groups in total. The largest absolute Gasteiger partial charge is 0.478 e. The van der Waals surface area contributed by atoms with Gasteiger partial charge < -0.3 is 20.2 Å². The van der Waals surface area contributed by atoms with Crippen LogP contribution in [0.4, 0.5) is 29.8 Å². The van der Waals surface area contributed by atoms with Gasteiger partial charge in [-0.25, -0.2) is 14.8 Å². The maximum Gasteiger partial charge on any atom is 0.417 e. The molecule has 0 unspecified atom stereocenters. The number of benzene rings is 1. The van der Waals surface area contributed by atoms with Crippen molar-refractivity contribution in [2.45, 2.75) is 24.9 Å². The fourth-order valence-electron chi connectivity index (χ4n) is 4.09. The lowest BCUT2D eigenvalue weighted by atomic mass is 10.1. The molecule has 7 nitrogen and oxygen atoms in total. The van der Waals surface area contributed by atoms with Crippen molar-refractivity contribution in [2.75, 3.05) is 43.4 Å². The number of nitrogens with zero attached hydrogens (tertiary/aromatic N) is 4. The van der Waals surface area contributed by atoms with Crippen molar-refractivity contribution in [3.05, 3.63) is 52.5 Å². The second kappa shape index (κ2) is 9.12. The van der Waals surface area contributed by atoms with Gasteiger partial charge in [-0.1, -0.05) is 12.1 Å². The molecule has 1 saturated heterocycles. The lowest BCUT2D eigenvalue weighted by Gasteiger charge is -2.34. The first kappa shape index (κ1) is 23.6. The van der Waals surface area contributed by atoms with Crippen molar-refractivity contribution in [2.24, 2.45) is 0 Å². The van der Waals surface area contributed by atoms with Crippen LogP contribution < -0.4 is 10.2 Å². The molecular weight excluding hydrogens is 479 g/mol. The number of anilines is 3. The number of aromatic carboxylic acids is 1. The first-order valence-corrected chi connectivity index (χ1v) is 12.1. The number of carboxylic acid groups (broad SMARTS) is 1. The Kier molecular flexibility index (Phi) is 6.14. The minimum Gasteiger partial charge on any atom is -0.478 e. The molecule has 2 aromatic heterocycles. The van der Waals surface area contributed by atoms with Gasteiger partial charge in [-0.3, -0.25) is 0 Å². The molecule has 5 rings (SSSR count). The zero-order valence-corrected chi connectivity index (χ0v) is 19.8. The van der Waals surface area contributed by atoms with Crippen LogP contribution in [-0.2, 0) is 6.18 Å². The Morgan fingerprint density at radius 1 is 1.14 bits per heavy atom. The van der Waals surface area contributed by atoms with Gasteiger partial charge in [0.05, 0.1) is 11.3 Å². The van der Waals surface area contributed by atoms with Gasteiger partial charge in [-0.2, -0.15) is 13.2 Å². The monoisotopic (exact) mass is 503 g/mol. The number of likely N-dealkylation sites (N-methyl/N-ethyl adjacent to an activating group) is 1. The predicted octanol–water partition coefficient (Wildman–Crippen LogP) is 5.29. The van der Waals surface area contributed by atoms with Crippen molar-refractivity contribution in [1.82, 2.24) is 14.9 Å². The average Bonchev–Trinajstić information content (AvgIpc) is 3.59. The lowest BCUT2D eigenvalue weighted by molar-refractivity contribution is -0.137. The summed E-state index contributed by atoms with van der Waals surface area (Å²) in [7, 11) is 2.12. The van der Waals surface area contributed by atoms with E-state index >= 15 is 0 Å². The second-order valence-electron chi connectivity index (χ2n) is 8.89. The number of hydrogen-bond donors (Lipinski definition) is 2. The Morgan fingerprint density at radius 2 is 1.83 bits per heavy atom. The quantitative estimate of drug-likeness (QED) is 0.473. The highest BCUT2D eigenvalue weighted by Gasteiger charge is 2.33. The van der Waals surface area contributed by atoms with Crippen LogP contribution in [0.25, 0.3) is 11.3 Å². The van der Waals surface area contributed by atoms with Crippen LogP contribution in [0, 0.1) is 0 Å². The fourth-order valence-corrected chi connectivity index (χ4v) is 5.25. The van der Waals surface area contributed by atoms with Crippen LogP contribution in [-0.4, -0.2) is 59.2 Å². The fraction of sp³-hybridized carbons (Fsp3) is 0.375. The molecule has 11 heteroatoms. The summed E-state index contributed by atoms with van der Waals surface area (Å²) in [6.45, 7) is 3.98. The highest BCUT2D eigenvalue weighted by molar-refractivity contribution is 7.16. The molecule has 1 aromatic carbocycles. The molecule has 1 aliphatic heterocycles. The van der Waals surface area contributed by atoms with E-state index in [0.717, 1.165) is 60.8 Å². The summed E-state index contributed by atoms with van der Waals surface area (Å²) in [6, 6.07) is 8.84. The van der Waals surface area contributed by atoms with Crippen molar-refractivity contribution < 1.29 is 23.1 Å². The van der Waals surface area contributed by atoms with E-state index in [9.17, 15) is 23.1 Å². The minimum absolute atomic E-state index is 0.168. The third kappa shape index (κ3) is 5.10. The molecule has 0 bridgehead atoms. The Balaban J connectivity index is 1.42. The van der Waals surface area contributed by atoms with E-state index < -0.39 is 23.3 Å². The maximum atomic E-state index is 13.0. The Hall–Kier alpha value is -3.18. The number of hydrogen-bond acceptors (Lipinski definition) is 7. The smallest absolute Gasteiger partial charge is 0.417 e. The molecule has 1 aliphatic carbocycles. The molecule has 184 valence electrons. The van der Waals surface area contributed by atoms with Crippen LogP contribution >= 0.6 is 11.3 Å². The molecule has 3 aromatic rings. The van der Waals surface area contributed by atoms with Gasteiger partial charge in [0.25, 0.3) is 0 Å². The van der Waals surface area contributed by atoms with Gasteiger partial charge in [-0.05, 0) is 44.0 Å². The van der Waals surface area contributed by atoms with Crippen molar-refractivity contribution in [3.63, 3.8) is 0 Å². The molecule has 0 spiro atoms. The van der Waals surface area contributed by atoms with Crippen LogP contribution in [0.15, 0.2) is 36.5 Å². The summed E-state index contributed by atoms with van der Waals surface area (Å²) in [6.07, 6.45) is -1.96. The molecular formula is C24H24F3N5O2S. The number of halogens is 3. The number of alkyl halides is 3. The van der Waals surface area contributed by atoms with E-state index in [0.29, 0.717) is 23.3 Å². The van der Waals surface area contributed by atoms with Crippen molar-refractivity contribution in [1.29, 1.82) is 0 Å². The van der Waals surface area contributed by atoms with E-state index in [1.54, 1.807) is 0 Å².